The van der Waals surface area contributed by atoms with Crippen LogP contribution in [0.1, 0.15) is 17.1 Å². The number of aliphatic hydroxyl groups is 1. The third-order valence-corrected chi connectivity index (χ3v) is 3.05. The summed E-state index contributed by atoms with van der Waals surface area (Å²) in [5.74, 6) is 0. The summed E-state index contributed by atoms with van der Waals surface area (Å²) in [5.41, 5.74) is 1.15. The predicted molar refractivity (Wildman–Crippen MR) is 62.7 cm³/mol. The molecule has 0 aliphatic carbocycles. The van der Waals surface area contributed by atoms with Crippen LogP contribution in [0.15, 0.2) is 36.8 Å². The van der Waals surface area contributed by atoms with Crippen LogP contribution in [0, 0.1) is 0 Å². The zero-order valence-corrected chi connectivity index (χ0v) is 9.46. The molecule has 0 saturated heterocycles. The molecule has 18 heavy (non-hydrogen) atoms. The minimum atomic E-state index is -0.861. The van der Waals surface area contributed by atoms with Gasteiger partial charge < -0.3 is 5.11 Å². The van der Waals surface area contributed by atoms with E-state index in [0.717, 1.165) is 0 Å². The Labute approximate surface area is 102 Å². The summed E-state index contributed by atoms with van der Waals surface area (Å²) in [7, 11) is 0. The lowest BCUT2D eigenvalue weighted by Crippen LogP contribution is -2.35. The Morgan fingerprint density at radius 3 is 1.44 bits per heavy atom. The van der Waals surface area contributed by atoms with Crippen LogP contribution < -0.4 is 0 Å². The van der Waals surface area contributed by atoms with Gasteiger partial charge in [-0.1, -0.05) is 0 Å². The quantitative estimate of drug-likeness (QED) is 0.525. The molecule has 3 aromatic heterocycles. The fourth-order valence-corrected chi connectivity index (χ4v) is 2.13. The minimum Gasteiger partial charge on any atom is -0.395 e. The summed E-state index contributed by atoms with van der Waals surface area (Å²) in [6.07, 6.45) is 5.12. The van der Waals surface area contributed by atoms with E-state index in [1.54, 1.807) is 36.8 Å². The lowest BCUT2D eigenvalue weighted by molar-refractivity contribution is 0.234. The van der Waals surface area contributed by atoms with E-state index in [2.05, 4.69) is 30.6 Å². The molecule has 0 aromatic carbocycles. The third kappa shape index (κ3) is 1.37. The standard InChI is InChI=1S/C11H12N6O/c18-7-11(8-1-4-12-15-8,9-2-5-13-16-9)10-3-6-14-17-10/h1-6,18H,7H2,(H,12,15)(H,13,16)(H,14,17). The summed E-state index contributed by atoms with van der Waals surface area (Å²) in [6.45, 7) is -0.173. The summed E-state index contributed by atoms with van der Waals surface area (Å²) < 4.78 is 0. The van der Waals surface area contributed by atoms with Crippen LogP contribution in [0.3, 0.4) is 0 Å². The molecular formula is C11H12N6O. The minimum absolute atomic E-state index is 0.173. The molecule has 0 aliphatic rings. The fraction of sp³-hybridized carbons (Fsp3) is 0.182. The van der Waals surface area contributed by atoms with Gasteiger partial charge in [-0.25, -0.2) is 0 Å². The van der Waals surface area contributed by atoms with E-state index < -0.39 is 5.41 Å². The third-order valence-electron chi connectivity index (χ3n) is 3.05. The number of aromatic nitrogens is 6. The van der Waals surface area contributed by atoms with E-state index in [1.165, 1.54) is 0 Å². The molecule has 3 aromatic rings. The van der Waals surface area contributed by atoms with Gasteiger partial charge in [-0.3, -0.25) is 15.3 Å². The Hall–Kier alpha value is -2.41. The average molecular weight is 244 g/mol. The summed E-state index contributed by atoms with van der Waals surface area (Å²) in [5, 5.41) is 30.7. The number of nitrogens with one attached hydrogen (secondary N) is 3. The number of aromatic amines is 3. The molecule has 4 N–H and O–H groups in total. The van der Waals surface area contributed by atoms with Gasteiger partial charge in [0.05, 0.1) is 23.7 Å². The van der Waals surface area contributed by atoms with Crippen molar-refractivity contribution in [1.29, 1.82) is 0 Å². The molecular weight excluding hydrogens is 232 g/mol. The van der Waals surface area contributed by atoms with Gasteiger partial charge in [-0.15, -0.1) is 0 Å². The average Bonchev–Trinajstić information content (AvgIpc) is 3.16. The van der Waals surface area contributed by atoms with Gasteiger partial charge in [-0.05, 0) is 18.2 Å². The molecule has 3 heterocycles. The molecule has 0 atom stereocenters. The molecule has 0 bridgehead atoms. The highest BCUT2D eigenvalue weighted by atomic mass is 16.3. The second-order valence-corrected chi connectivity index (χ2v) is 3.94. The Morgan fingerprint density at radius 2 is 1.22 bits per heavy atom. The van der Waals surface area contributed by atoms with Gasteiger partial charge in [0, 0.05) is 18.6 Å². The first kappa shape index (κ1) is 10.7. The van der Waals surface area contributed by atoms with E-state index in [1.807, 2.05) is 0 Å². The Morgan fingerprint density at radius 1 is 0.833 bits per heavy atom. The van der Waals surface area contributed by atoms with Gasteiger partial charge in [-0.2, -0.15) is 15.3 Å². The second-order valence-electron chi connectivity index (χ2n) is 3.94. The second kappa shape index (κ2) is 4.11. The van der Waals surface area contributed by atoms with E-state index in [-0.39, 0.29) is 6.61 Å². The van der Waals surface area contributed by atoms with Gasteiger partial charge >= 0.3 is 0 Å². The topological polar surface area (TPSA) is 106 Å². The van der Waals surface area contributed by atoms with Crippen molar-refractivity contribution < 1.29 is 5.11 Å². The van der Waals surface area contributed by atoms with E-state index in [9.17, 15) is 5.11 Å². The van der Waals surface area contributed by atoms with Crippen LogP contribution in [-0.4, -0.2) is 42.3 Å². The van der Waals surface area contributed by atoms with Gasteiger partial charge in [0.2, 0.25) is 0 Å². The molecule has 0 fully saturated rings. The van der Waals surface area contributed by atoms with Crippen molar-refractivity contribution in [3.63, 3.8) is 0 Å². The van der Waals surface area contributed by atoms with Crippen LogP contribution >= 0.6 is 0 Å². The molecule has 0 radical (unpaired) electrons. The number of hydrogen-bond acceptors (Lipinski definition) is 4. The van der Waals surface area contributed by atoms with Gasteiger partial charge in [0.25, 0.3) is 0 Å². The maximum absolute atomic E-state index is 9.93. The van der Waals surface area contributed by atoms with Gasteiger partial charge in [0.1, 0.15) is 5.41 Å². The van der Waals surface area contributed by atoms with Crippen LogP contribution in [0.2, 0.25) is 0 Å². The number of aliphatic hydroxyl groups excluding tert-OH is 1. The lowest BCUT2D eigenvalue weighted by Gasteiger charge is -2.26. The number of nitrogens with zero attached hydrogens (tertiary/aromatic N) is 3. The van der Waals surface area contributed by atoms with E-state index in [4.69, 9.17) is 0 Å². The fourth-order valence-electron chi connectivity index (χ4n) is 2.13. The van der Waals surface area contributed by atoms with Crippen molar-refractivity contribution >= 4 is 0 Å². The maximum atomic E-state index is 9.93. The molecule has 92 valence electrons. The predicted octanol–water partition coefficient (Wildman–Crippen LogP) is 0.183. The molecule has 0 unspecified atom stereocenters. The molecule has 0 spiro atoms. The molecule has 7 nitrogen and oxygen atoms in total. The highest BCUT2D eigenvalue weighted by Crippen LogP contribution is 2.35. The number of rotatable bonds is 4. The van der Waals surface area contributed by atoms with Crippen LogP contribution in [0.5, 0.6) is 0 Å². The van der Waals surface area contributed by atoms with Crippen LogP contribution in [-0.2, 0) is 5.41 Å². The lowest BCUT2D eigenvalue weighted by atomic mass is 9.79. The van der Waals surface area contributed by atoms with E-state index in [0.29, 0.717) is 17.1 Å². The summed E-state index contributed by atoms with van der Waals surface area (Å²) in [4.78, 5) is 0. The first-order valence-electron chi connectivity index (χ1n) is 5.49. The van der Waals surface area contributed by atoms with Crippen molar-refractivity contribution in [2.24, 2.45) is 0 Å². The van der Waals surface area contributed by atoms with Crippen LogP contribution in [0.25, 0.3) is 0 Å². The van der Waals surface area contributed by atoms with Crippen molar-refractivity contribution in [3.05, 3.63) is 53.9 Å². The Balaban J connectivity index is 2.25. The van der Waals surface area contributed by atoms with Crippen molar-refractivity contribution in [1.82, 2.24) is 30.6 Å². The highest BCUT2D eigenvalue weighted by molar-refractivity contribution is 5.41. The molecule has 0 aliphatic heterocycles. The van der Waals surface area contributed by atoms with Crippen molar-refractivity contribution in [2.45, 2.75) is 5.41 Å². The monoisotopic (exact) mass is 244 g/mol. The smallest absolute Gasteiger partial charge is 0.125 e. The summed E-state index contributed by atoms with van der Waals surface area (Å²) >= 11 is 0. The highest BCUT2D eigenvalue weighted by Gasteiger charge is 2.41. The number of hydrogen-bond donors (Lipinski definition) is 4. The zero-order chi connectivity index (χ0) is 12.4. The first-order valence-corrected chi connectivity index (χ1v) is 5.49. The first-order chi connectivity index (χ1) is 8.88. The molecule has 0 saturated carbocycles. The van der Waals surface area contributed by atoms with E-state index >= 15 is 0 Å². The maximum Gasteiger partial charge on any atom is 0.125 e. The normalized spacial score (nSPS) is 11.8. The van der Waals surface area contributed by atoms with Crippen LogP contribution in [0.4, 0.5) is 0 Å². The Bertz CT molecular complexity index is 499. The SMILES string of the molecule is OCC(c1cc[nH]n1)(c1cc[nH]n1)c1cc[nH]n1. The molecule has 7 heteroatoms. The zero-order valence-electron chi connectivity index (χ0n) is 9.46. The van der Waals surface area contributed by atoms with Gasteiger partial charge in [0.15, 0.2) is 0 Å². The van der Waals surface area contributed by atoms with Crippen molar-refractivity contribution in [2.75, 3.05) is 6.61 Å². The largest absolute Gasteiger partial charge is 0.395 e. The molecule has 3 rings (SSSR count). The van der Waals surface area contributed by atoms with Crippen molar-refractivity contribution in [3.8, 4) is 0 Å². The summed E-state index contributed by atoms with van der Waals surface area (Å²) in [6, 6.07) is 5.42. The molecule has 0 amide bonds. The Kier molecular flexibility index (Phi) is 2.45. The number of H-pyrrole nitrogens is 3.